The van der Waals surface area contributed by atoms with E-state index in [4.69, 9.17) is 14.2 Å². The van der Waals surface area contributed by atoms with Crippen molar-refractivity contribution in [3.8, 4) is 0 Å². The number of hydrogen-bond donors (Lipinski definition) is 0. The van der Waals surface area contributed by atoms with Gasteiger partial charge in [0.1, 0.15) is 18.3 Å². The highest BCUT2D eigenvalue weighted by atomic mass is 16.6. The number of esters is 1. The van der Waals surface area contributed by atoms with Crippen molar-refractivity contribution < 1.29 is 19.0 Å². The molecule has 4 nitrogen and oxygen atoms in total. The molecule has 2 fully saturated rings. The smallest absolute Gasteiger partial charge is 0.308 e. The third-order valence-corrected chi connectivity index (χ3v) is 4.59. The van der Waals surface area contributed by atoms with Crippen LogP contribution in [0.5, 0.6) is 0 Å². The van der Waals surface area contributed by atoms with E-state index >= 15 is 0 Å². The maximum atomic E-state index is 11.8. The lowest BCUT2D eigenvalue weighted by molar-refractivity contribution is -0.230. The minimum absolute atomic E-state index is 0.0852. The van der Waals surface area contributed by atoms with Gasteiger partial charge in [-0.3, -0.25) is 4.79 Å². The summed E-state index contributed by atoms with van der Waals surface area (Å²) in [5.41, 5.74) is 2.15. The number of rotatable bonds is 4. The second-order valence-electron chi connectivity index (χ2n) is 6.32. The Morgan fingerprint density at radius 1 is 1.00 bits per heavy atom. The summed E-state index contributed by atoms with van der Waals surface area (Å²) < 4.78 is 17.9. The summed E-state index contributed by atoms with van der Waals surface area (Å²) in [6.45, 7) is 0.469. The van der Waals surface area contributed by atoms with Gasteiger partial charge in [-0.15, -0.1) is 0 Å². The molecule has 0 aromatic heterocycles. The minimum atomic E-state index is -0.298. The molecule has 2 heterocycles. The molecular weight excluding hydrogens is 304 g/mol. The Kier molecular flexibility index (Phi) is 4.32. The van der Waals surface area contributed by atoms with Crippen LogP contribution in [0.3, 0.4) is 0 Å². The molecule has 0 N–H and O–H groups in total. The first-order valence-corrected chi connectivity index (χ1v) is 8.35. The summed E-state index contributed by atoms with van der Waals surface area (Å²) in [6, 6.07) is 20.0. The van der Waals surface area contributed by atoms with E-state index < -0.39 is 0 Å². The summed E-state index contributed by atoms with van der Waals surface area (Å²) in [5.74, 6) is -0.198. The van der Waals surface area contributed by atoms with Crippen LogP contribution in [0.15, 0.2) is 60.7 Å². The maximum Gasteiger partial charge on any atom is 0.308 e. The molecule has 2 aromatic carbocycles. The Morgan fingerprint density at radius 3 is 2.46 bits per heavy atom. The molecule has 2 aliphatic heterocycles. The molecule has 24 heavy (non-hydrogen) atoms. The van der Waals surface area contributed by atoms with E-state index in [2.05, 4.69) is 0 Å². The zero-order chi connectivity index (χ0) is 16.4. The van der Waals surface area contributed by atoms with Gasteiger partial charge in [0.2, 0.25) is 0 Å². The zero-order valence-corrected chi connectivity index (χ0v) is 13.3. The second-order valence-corrected chi connectivity index (χ2v) is 6.32. The largest absolute Gasteiger partial charge is 0.459 e. The van der Waals surface area contributed by atoms with Crippen LogP contribution < -0.4 is 0 Å². The van der Waals surface area contributed by atoms with Gasteiger partial charge in [-0.2, -0.15) is 0 Å². The van der Waals surface area contributed by atoms with Crippen LogP contribution in [0.1, 0.15) is 30.1 Å². The van der Waals surface area contributed by atoms with Crippen LogP contribution in [0.2, 0.25) is 0 Å². The maximum absolute atomic E-state index is 11.8. The van der Waals surface area contributed by atoms with Crippen LogP contribution in [0, 0.1) is 0 Å². The van der Waals surface area contributed by atoms with Gasteiger partial charge < -0.3 is 14.2 Å². The van der Waals surface area contributed by atoms with Crippen molar-refractivity contribution >= 4 is 5.97 Å². The molecule has 4 atom stereocenters. The topological polar surface area (TPSA) is 44.8 Å². The average molecular weight is 324 g/mol. The molecule has 0 unspecified atom stereocenters. The number of benzene rings is 2. The monoisotopic (exact) mass is 324 g/mol. The van der Waals surface area contributed by atoms with Crippen LogP contribution in [-0.2, 0) is 25.6 Å². The Bertz CT molecular complexity index is 685. The van der Waals surface area contributed by atoms with Gasteiger partial charge in [0.15, 0.2) is 0 Å². The van der Waals surface area contributed by atoms with E-state index in [9.17, 15) is 4.79 Å². The predicted molar refractivity (Wildman–Crippen MR) is 88.2 cm³/mol. The quantitative estimate of drug-likeness (QED) is 0.809. The van der Waals surface area contributed by atoms with E-state index in [1.54, 1.807) is 0 Å². The molecule has 0 radical (unpaired) electrons. The van der Waals surface area contributed by atoms with E-state index in [1.165, 1.54) is 0 Å². The van der Waals surface area contributed by atoms with Gasteiger partial charge in [-0.25, -0.2) is 0 Å². The third-order valence-electron chi connectivity index (χ3n) is 4.59. The van der Waals surface area contributed by atoms with Gasteiger partial charge in [-0.05, 0) is 11.1 Å². The van der Waals surface area contributed by atoms with Crippen molar-refractivity contribution in [1.82, 2.24) is 0 Å². The van der Waals surface area contributed by atoms with E-state index in [0.29, 0.717) is 19.4 Å². The molecule has 2 bridgehead atoms. The lowest BCUT2D eigenvalue weighted by atomic mass is 9.90. The molecule has 0 amide bonds. The lowest BCUT2D eigenvalue weighted by Crippen LogP contribution is -2.51. The summed E-state index contributed by atoms with van der Waals surface area (Å²) in [5, 5.41) is 0. The highest BCUT2D eigenvalue weighted by Crippen LogP contribution is 2.39. The summed E-state index contributed by atoms with van der Waals surface area (Å²) in [4.78, 5) is 11.8. The highest BCUT2D eigenvalue weighted by molar-refractivity contribution is 5.71. The van der Waals surface area contributed by atoms with E-state index in [0.717, 1.165) is 11.1 Å². The average Bonchev–Trinajstić information content (AvgIpc) is 2.62. The number of hydrogen-bond acceptors (Lipinski definition) is 4. The van der Waals surface area contributed by atoms with Gasteiger partial charge >= 0.3 is 5.97 Å². The molecule has 0 spiro atoms. The van der Waals surface area contributed by atoms with Crippen molar-refractivity contribution in [2.75, 3.05) is 0 Å². The summed E-state index contributed by atoms with van der Waals surface area (Å²) in [7, 11) is 0. The molecule has 2 saturated heterocycles. The van der Waals surface area contributed by atoms with E-state index in [-0.39, 0.29) is 30.4 Å². The molecule has 124 valence electrons. The Balaban J connectivity index is 1.57. The fraction of sp³-hybridized carbons (Fsp3) is 0.350. The van der Waals surface area contributed by atoms with Crippen LogP contribution in [-0.4, -0.2) is 24.3 Å². The first-order valence-electron chi connectivity index (χ1n) is 8.35. The Hall–Kier alpha value is -2.17. The Morgan fingerprint density at radius 2 is 1.71 bits per heavy atom. The summed E-state index contributed by atoms with van der Waals surface area (Å²) >= 11 is 0. The van der Waals surface area contributed by atoms with Gasteiger partial charge in [0.25, 0.3) is 0 Å². The number of fused-ring (bicyclic) bond motifs is 2. The second kappa shape index (κ2) is 6.75. The predicted octanol–water partition coefficient (Wildman–Crippen LogP) is 3.42. The van der Waals surface area contributed by atoms with Gasteiger partial charge in [-0.1, -0.05) is 60.7 Å². The van der Waals surface area contributed by atoms with Crippen molar-refractivity contribution in [2.24, 2.45) is 0 Å². The van der Waals surface area contributed by atoms with Gasteiger partial charge in [0, 0.05) is 6.42 Å². The first kappa shape index (κ1) is 15.4. The third kappa shape index (κ3) is 3.21. The molecule has 4 rings (SSSR count). The SMILES string of the molecule is O=C1C[C@H]2C[C@@H](O1)[C@H](OCc1ccccc1)[C@H](c1ccccc1)O2. The zero-order valence-electron chi connectivity index (χ0n) is 13.3. The first-order chi connectivity index (χ1) is 11.8. The Labute approximate surface area is 141 Å². The molecular formula is C20H20O4. The van der Waals surface area contributed by atoms with Crippen molar-refractivity contribution in [1.29, 1.82) is 0 Å². The van der Waals surface area contributed by atoms with Crippen molar-refractivity contribution in [2.45, 2.75) is 43.9 Å². The van der Waals surface area contributed by atoms with Gasteiger partial charge in [0.05, 0.1) is 19.1 Å². The van der Waals surface area contributed by atoms with Crippen molar-refractivity contribution in [3.05, 3.63) is 71.8 Å². The van der Waals surface area contributed by atoms with Crippen LogP contribution in [0.25, 0.3) is 0 Å². The fourth-order valence-corrected chi connectivity index (χ4v) is 3.45. The number of ether oxygens (including phenoxy) is 3. The van der Waals surface area contributed by atoms with Crippen LogP contribution in [0.4, 0.5) is 0 Å². The number of carbonyl (C=O) groups is 1. The van der Waals surface area contributed by atoms with Crippen molar-refractivity contribution in [3.63, 3.8) is 0 Å². The highest BCUT2D eigenvalue weighted by Gasteiger charge is 2.46. The molecule has 0 saturated carbocycles. The number of carbonyl (C=O) groups excluding carboxylic acids is 1. The molecule has 0 aliphatic carbocycles. The fourth-order valence-electron chi connectivity index (χ4n) is 3.45. The lowest BCUT2D eigenvalue weighted by Gasteiger charge is -2.44. The molecule has 2 aliphatic rings. The molecule has 2 aromatic rings. The van der Waals surface area contributed by atoms with Crippen LogP contribution >= 0.6 is 0 Å². The minimum Gasteiger partial charge on any atom is -0.459 e. The normalized spacial score (nSPS) is 29.1. The summed E-state index contributed by atoms with van der Waals surface area (Å²) in [6.07, 6.45) is 0.177. The molecule has 4 heteroatoms. The standard InChI is InChI=1S/C20H20O4/c21-18-12-16-11-17(24-18)20(22-13-14-7-3-1-4-8-14)19(23-16)15-9-5-2-6-10-15/h1-10,16-17,19-20H,11-13H2/t16-,17-,19+,20+/m1/s1. The van der Waals surface area contributed by atoms with E-state index in [1.807, 2.05) is 60.7 Å².